The first kappa shape index (κ1) is 12.0. The van der Waals surface area contributed by atoms with E-state index in [1.54, 1.807) is 12.1 Å². The lowest BCUT2D eigenvalue weighted by Gasteiger charge is -2.05. The van der Waals surface area contributed by atoms with Crippen molar-refractivity contribution in [3.8, 4) is 0 Å². The Morgan fingerprint density at radius 3 is 2.18 bits per heavy atom. The highest BCUT2D eigenvalue weighted by molar-refractivity contribution is 7.82. The lowest BCUT2D eigenvalue weighted by atomic mass is 10.2. The Morgan fingerprint density at radius 2 is 1.53 bits per heavy atom. The average molecular weight is 247 g/mol. The monoisotopic (exact) mass is 247 g/mol. The predicted octanol–water partition coefficient (Wildman–Crippen LogP) is 2.43. The molecule has 0 bridgehead atoms. The van der Waals surface area contributed by atoms with Crippen LogP contribution in [0, 0.1) is 0 Å². The zero-order valence-electron chi connectivity index (χ0n) is 9.21. The summed E-state index contributed by atoms with van der Waals surface area (Å²) < 4.78 is 11.7. The van der Waals surface area contributed by atoms with Gasteiger partial charge in [-0.2, -0.15) is 0 Å². The highest BCUT2D eigenvalue weighted by Gasteiger charge is 2.01. The number of hydrogen-bond donors (Lipinski definition) is 1. The van der Waals surface area contributed by atoms with Gasteiger partial charge in [-0.25, -0.2) is 4.21 Å². The van der Waals surface area contributed by atoms with Crippen LogP contribution >= 0.6 is 0 Å². The third kappa shape index (κ3) is 3.78. The number of nitrogens with one attached hydrogen (secondary N) is 1. The topological polar surface area (TPSA) is 38.3 Å². The zero-order valence-corrected chi connectivity index (χ0v) is 10.0. The molecule has 0 aliphatic heterocycles. The van der Waals surface area contributed by atoms with Crippen LogP contribution in [0.25, 0.3) is 0 Å². The first-order valence-corrected chi connectivity index (χ1v) is 6.39. The van der Waals surface area contributed by atoms with Crippen molar-refractivity contribution >= 4 is 11.0 Å². The molecule has 0 radical (unpaired) electrons. The Morgan fingerprint density at radius 1 is 0.941 bits per heavy atom. The van der Waals surface area contributed by atoms with E-state index in [0.717, 1.165) is 5.56 Å². The Balaban J connectivity index is 1.82. The van der Waals surface area contributed by atoms with E-state index in [4.69, 9.17) is 4.84 Å². The van der Waals surface area contributed by atoms with Gasteiger partial charge in [0.2, 0.25) is 0 Å². The zero-order chi connectivity index (χ0) is 11.9. The summed E-state index contributed by atoms with van der Waals surface area (Å²) >= 11 is 0. The molecule has 4 heteroatoms. The molecule has 0 amide bonds. The Kier molecular flexibility index (Phi) is 4.44. The molecule has 0 aliphatic rings. The molecule has 1 N–H and O–H groups in total. The van der Waals surface area contributed by atoms with Crippen LogP contribution in [0.15, 0.2) is 65.6 Å². The van der Waals surface area contributed by atoms with E-state index in [-0.39, 0.29) is 0 Å². The van der Waals surface area contributed by atoms with E-state index in [0.29, 0.717) is 11.5 Å². The molecule has 3 nitrogen and oxygen atoms in total. The molecule has 1 atom stereocenters. The van der Waals surface area contributed by atoms with Crippen LogP contribution in [0.4, 0.5) is 0 Å². The average Bonchev–Trinajstić information content (AvgIpc) is 2.41. The van der Waals surface area contributed by atoms with Gasteiger partial charge in [-0.15, -0.1) is 4.89 Å². The van der Waals surface area contributed by atoms with E-state index >= 15 is 0 Å². The molecule has 2 aromatic rings. The molecule has 0 heterocycles. The molecule has 0 unspecified atom stereocenters. The number of hydrogen-bond acceptors (Lipinski definition) is 2. The highest BCUT2D eigenvalue weighted by Crippen LogP contribution is 2.04. The van der Waals surface area contributed by atoms with Crippen molar-refractivity contribution in [2.24, 2.45) is 0 Å². The molecule has 17 heavy (non-hydrogen) atoms. The molecule has 0 fully saturated rings. The van der Waals surface area contributed by atoms with Gasteiger partial charge in [-0.05, 0) is 17.7 Å². The van der Waals surface area contributed by atoms with Gasteiger partial charge < -0.3 is 0 Å². The van der Waals surface area contributed by atoms with Crippen LogP contribution in [0.5, 0.6) is 0 Å². The summed E-state index contributed by atoms with van der Waals surface area (Å²) in [6.07, 6.45) is 0. The largest absolute Gasteiger partial charge is 0.284 e. The van der Waals surface area contributed by atoms with Gasteiger partial charge in [0, 0.05) is 0 Å². The fraction of sp³-hybridized carbons (Fsp3) is 0.0769. The molecular weight excluding hydrogens is 234 g/mol. The van der Waals surface area contributed by atoms with Gasteiger partial charge in [0.1, 0.15) is 11.0 Å². The molecule has 2 rings (SSSR count). The first-order valence-electron chi connectivity index (χ1n) is 5.24. The Bertz CT molecular complexity index is 473. The fourth-order valence-electron chi connectivity index (χ4n) is 1.33. The number of benzene rings is 2. The molecule has 0 spiro atoms. The normalized spacial score (nSPS) is 12.2. The molecular formula is C13H13NO2S. The van der Waals surface area contributed by atoms with Gasteiger partial charge >= 0.3 is 0 Å². The summed E-state index contributed by atoms with van der Waals surface area (Å²) in [4.78, 5) is 8.40. The predicted molar refractivity (Wildman–Crippen MR) is 67.2 cm³/mol. The van der Waals surface area contributed by atoms with Gasteiger partial charge in [-0.1, -0.05) is 48.5 Å². The SMILES string of the molecule is O=[S@](NOCc1ccccc1)c1ccccc1. The van der Waals surface area contributed by atoms with E-state index in [1.807, 2.05) is 48.5 Å². The summed E-state index contributed by atoms with van der Waals surface area (Å²) in [5.41, 5.74) is 1.03. The summed E-state index contributed by atoms with van der Waals surface area (Å²) in [6.45, 7) is 0.388. The van der Waals surface area contributed by atoms with Crippen molar-refractivity contribution in [3.63, 3.8) is 0 Å². The first-order chi connectivity index (χ1) is 8.36. The third-order valence-corrected chi connectivity index (χ3v) is 3.14. The molecule has 2 aromatic carbocycles. The maximum absolute atomic E-state index is 11.7. The van der Waals surface area contributed by atoms with Crippen molar-refractivity contribution in [3.05, 3.63) is 66.2 Å². The van der Waals surface area contributed by atoms with Gasteiger partial charge in [0.25, 0.3) is 0 Å². The van der Waals surface area contributed by atoms with Crippen LogP contribution in [0.3, 0.4) is 0 Å². The van der Waals surface area contributed by atoms with Gasteiger partial charge in [0.05, 0.1) is 11.5 Å². The number of rotatable bonds is 5. The van der Waals surface area contributed by atoms with Crippen molar-refractivity contribution < 1.29 is 9.05 Å². The summed E-state index contributed by atoms with van der Waals surface area (Å²) in [5.74, 6) is 0. The minimum atomic E-state index is -1.33. The standard InChI is InChI=1S/C13H13NO2S/c15-17(13-9-5-2-6-10-13)14-16-11-12-7-3-1-4-8-12/h1-10,14H,11H2/t17-/m0/s1. The van der Waals surface area contributed by atoms with E-state index in [1.165, 1.54) is 0 Å². The van der Waals surface area contributed by atoms with Gasteiger partial charge in [-0.3, -0.25) is 4.84 Å². The smallest absolute Gasteiger partial charge is 0.148 e. The Labute approximate surface area is 103 Å². The van der Waals surface area contributed by atoms with Crippen LogP contribution in [-0.2, 0) is 22.4 Å². The maximum atomic E-state index is 11.7. The van der Waals surface area contributed by atoms with E-state index < -0.39 is 11.0 Å². The molecule has 0 saturated carbocycles. The lowest BCUT2D eigenvalue weighted by Crippen LogP contribution is -2.17. The van der Waals surface area contributed by atoms with Crippen LogP contribution in [0.1, 0.15) is 5.56 Å². The van der Waals surface area contributed by atoms with Crippen molar-refractivity contribution in [1.82, 2.24) is 4.89 Å². The van der Waals surface area contributed by atoms with Crippen LogP contribution in [-0.4, -0.2) is 4.21 Å². The Hall–Kier alpha value is -1.49. The van der Waals surface area contributed by atoms with E-state index in [2.05, 4.69) is 4.89 Å². The molecule has 0 saturated heterocycles. The lowest BCUT2D eigenvalue weighted by molar-refractivity contribution is 0.0833. The van der Waals surface area contributed by atoms with Crippen LogP contribution < -0.4 is 4.89 Å². The maximum Gasteiger partial charge on any atom is 0.148 e. The second-order valence-corrected chi connectivity index (χ2v) is 4.61. The van der Waals surface area contributed by atoms with Crippen LogP contribution in [0.2, 0.25) is 0 Å². The molecule has 0 aromatic heterocycles. The summed E-state index contributed by atoms with van der Waals surface area (Å²) in [6, 6.07) is 18.9. The highest BCUT2D eigenvalue weighted by atomic mass is 32.2. The minimum Gasteiger partial charge on any atom is -0.284 e. The third-order valence-electron chi connectivity index (χ3n) is 2.17. The van der Waals surface area contributed by atoms with Crippen molar-refractivity contribution in [1.29, 1.82) is 0 Å². The molecule has 0 aliphatic carbocycles. The summed E-state index contributed by atoms with van der Waals surface area (Å²) in [7, 11) is -1.33. The van der Waals surface area contributed by atoms with Crippen molar-refractivity contribution in [2.45, 2.75) is 11.5 Å². The fourth-order valence-corrected chi connectivity index (χ4v) is 2.00. The molecule has 88 valence electrons. The quantitative estimate of drug-likeness (QED) is 0.824. The second-order valence-electron chi connectivity index (χ2n) is 3.44. The summed E-state index contributed by atoms with van der Waals surface area (Å²) in [5, 5.41) is 0. The second kappa shape index (κ2) is 6.30. The van der Waals surface area contributed by atoms with E-state index in [9.17, 15) is 4.21 Å². The van der Waals surface area contributed by atoms with Crippen molar-refractivity contribution in [2.75, 3.05) is 0 Å². The van der Waals surface area contributed by atoms with Gasteiger partial charge in [0.15, 0.2) is 0 Å². The minimum absolute atomic E-state index is 0.388.